The molecule has 1 N–H and O–H groups in total. The number of fused-ring (bicyclic) bond motifs is 4. The predicted molar refractivity (Wildman–Crippen MR) is 312 cm³/mol. The Morgan fingerprint density at radius 2 is 1.53 bits per heavy atom. The van der Waals surface area contributed by atoms with E-state index in [9.17, 15) is 0 Å². The van der Waals surface area contributed by atoms with Crippen LogP contribution in [0.3, 0.4) is 0 Å². The lowest BCUT2D eigenvalue weighted by molar-refractivity contribution is 0.00223. The highest BCUT2D eigenvalue weighted by Crippen LogP contribution is 2.64. The van der Waals surface area contributed by atoms with Gasteiger partial charge in [0, 0.05) is 40.9 Å². The summed E-state index contributed by atoms with van der Waals surface area (Å²) in [6.07, 6.45) is 37.4. The normalized spacial score (nSPS) is 29.6. The lowest BCUT2D eigenvalue weighted by Gasteiger charge is -2.55. The second-order valence-electron chi connectivity index (χ2n) is 27.2. The van der Waals surface area contributed by atoms with E-state index in [1.165, 1.54) is 66.4 Å². The molecule has 1 aromatic carbocycles. The third-order valence-electron chi connectivity index (χ3n) is 19.0. The van der Waals surface area contributed by atoms with E-state index in [1.807, 2.05) is 18.2 Å². The molecule has 4 heteroatoms. The maximum atomic E-state index is 4.10. The number of hydrogen-bond acceptors (Lipinski definition) is 3. The van der Waals surface area contributed by atoms with Gasteiger partial charge in [0.2, 0.25) is 6.71 Å². The van der Waals surface area contributed by atoms with Crippen molar-refractivity contribution < 1.29 is 0 Å². The Bertz CT molecular complexity index is 2350. The van der Waals surface area contributed by atoms with Gasteiger partial charge in [0.05, 0.1) is 0 Å². The third kappa shape index (κ3) is 11.0. The van der Waals surface area contributed by atoms with Crippen LogP contribution in [-0.4, -0.2) is 40.6 Å². The van der Waals surface area contributed by atoms with Gasteiger partial charge in [-0.25, -0.2) is 0 Å². The van der Waals surface area contributed by atoms with E-state index in [0.29, 0.717) is 46.9 Å². The highest BCUT2D eigenvalue weighted by Gasteiger charge is 2.64. The average molecular weight is 961 g/mol. The molecule has 1 aromatic rings. The molecule has 0 aromatic heterocycles. The first kappa shape index (κ1) is 54.6. The van der Waals surface area contributed by atoms with Crippen LogP contribution in [0.4, 0.5) is 0 Å². The molecule has 70 heavy (non-hydrogen) atoms. The maximum Gasteiger partial charge on any atom is 0.223 e. The maximum absolute atomic E-state index is 4.10. The summed E-state index contributed by atoms with van der Waals surface area (Å²) in [5.74, 6) is 1.92. The van der Waals surface area contributed by atoms with Gasteiger partial charge < -0.3 is 5.32 Å². The van der Waals surface area contributed by atoms with Gasteiger partial charge in [0.1, 0.15) is 0 Å². The molecule has 2 heterocycles. The molecule has 0 bridgehead atoms. The average Bonchev–Trinajstić information content (AvgIpc) is 3.72. The van der Waals surface area contributed by atoms with Gasteiger partial charge in [0.25, 0.3) is 0 Å². The molecular weight excluding hydrogens is 864 g/mol. The van der Waals surface area contributed by atoms with Crippen LogP contribution in [0.5, 0.6) is 0 Å². The first-order valence-electron chi connectivity index (χ1n) is 27.9. The summed E-state index contributed by atoms with van der Waals surface area (Å²) in [4.78, 5) is 3.06. The fraction of sp³-hybridized carbons (Fsp3) is 0.606. The molecule has 6 unspecified atom stereocenters. The Balaban J connectivity index is 1.40. The van der Waals surface area contributed by atoms with Gasteiger partial charge in [-0.15, -0.1) is 0 Å². The number of nitrogens with one attached hydrogen (secondary N) is 1. The van der Waals surface area contributed by atoms with E-state index in [2.05, 4.69) is 219 Å². The first-order valence-corrected chi connectivity index (χ1v) is 28.9. The molecule has 0 amide bonds. The number of thioether (sulfide) groups is 1. The van der Waals surface area contributed by atoms with Gasteiger partial charge in [-0.05, 0) is 148 Å². The summed E-state index contributed by atoms with van der Waals surface area (Å²) in [5.41, 5.74) is 14.1. The zero-order valence-electron chi connectivity index (χ0n) is 47.3. The Morgan fingerprint density at radius 3 is 2.16 bits per heavy atom. The second-order valence-corrected chi connectivity index (χ2v) is 28.5. The van der Waals surface area contributed by atoms with Crippen LogP contribution >= 0.6 is 11.8 Å². The smallest absolute Gasteiger partial charge is 0.223 e. The molecule has 0 spiro atoms. The Labute approximate surface area is 435 Å². The van der Waals surface area contributed by atoms with E-state index in [0.717, 1.165) is 37.8 Å². The number of hydrogen-bond donors (Lipinski definition) is 1. The van der Waals surface area contributed by atoms with Crippen LogP contribution in [0.25, 0.3) is 0 Å². The number of benzene rings is 1. The van der Waals surface area contributed by atoms with Crippen molar-refractivity contribution in [1.82, 2.24) is 10.2 Å². The van der Waals surface area contributed by atoms with Crippen LogP contribution < -0.4 is 10.8 Å². The zero-order valence-corrected chi connectivity index (χ0v) is 48.1. The first-order chi connectivity index (χ1) is 32.8. The van der Waals surface area contributed by atoms with Gasteiger partial charge in [-0.3, -0.25) is 4.90 Å². The van der Waals surface area contributed by atoms with Crippen LogP contribution in [0.2, 0.25) is 0 Å². The molecule has 1 saturated carbocycles. The fourth-order valence-corrected chi connectivity index (χ4v) is 16.6. The summed E-state index contributed by atoms with van der Waals surface area (Å²) in [6, 6.07) is 10.9. The van der Waals surface area contributed by atoms with Crippen molar-refractivity contribution in [3.05, 3.63) is 149 Å². The SMILES string of the molecule is C=C/C=C(C=C)/C=C/C1=C(/C=C/NC2=C3B(c4ccc(C(C)(C)CCC(C)C)cc4)C4SC5C(C4N(C/C=C\C4=C(CC)C(C)(C)CCC4C)C3CC=C2)C(C)(C)CCC5(C)C)C(C)(C)CCC1(C)C. The quantitative estimate of drug-likeness (QED) is 0.131. The predicted octanol–water partition coefficient (Wildman–Crippen LogP) is 17.2. The van der Waals surface area contributed by atoms with Crippen molar-refractivity contribution in [2.75, 3.05) is 6.54 Å². The highest BCUT2D eigenvalue weighted by molar-refractivity contribution is 8.02. The van der Waals surface area contributed by atoms with Crippen LogP contribution in [0.15, 0.2) is 143 Å². The Hall–Kier alpha value is -3.21. The Kier molecular flexibility index (Phi) is 16.3. The fourth-order valence-electron chi connectivity index (χ4n) is 14.2. The van der Waals surface area contributed by atoms with E-state index in [-0.39, 0.29) is 32.5 Å². The molecule has 2 aliphatic heterocycles. The van der Waals surface area contributed by atoms with Crippen LogP contribution in [-0.2, 0) is 5.41 Å². The number of rotatable bonds is 16. The lowest BCUT2D eigenvalue weighted by Crippen LogP contribution is -2.67. The molecule has 0 radical (unpaired) electrons. The number of allylic oxidation sites excluding steroid dienone is 13. The summed E-state index contributed by atoms with van der Waals surface area (Å²) in [5, 5.41) is 5.14. The molecular formula is C66H97BN2S. The summed E-state index contributed by atoms with van der Waals surface area (Å²) >= 11 is 2.39. The molecule has 6 atom stereocenters. The van der Waals surface area contributed by atoms with Gasteiger partial charge in [-0.2, -0.15) is 11.8 Å². The van der Waals surface area contributed by atoms with Crippen LogP contribution in [0.1, 0.15) is 181 Å². The third-order valence-corrected chi connectivity index (χ3v) is 21.1. The monoisotopic (exact) mass is 961 g/mol. The van der Waals surface area contributed by atoms with Crippen molar-refractivity contribution in [3.63, 3.8) is 0 Å². The molecule has 3 fully saturated rings. The second kappa shape index (κ2) is 21.0. The van der Waals surface area contributed by atoms with Crippen molar-refractivity contribution in [2.45, 2.75) is 203 Å². The largest absolute Gasteiger partial charge is 0.362 e. The molecule has 4 aliphatic carbocycles. The van der Waals surface area contributed by atoms with Crippen molar-refractivity contribution >= 4 is 23.9 Å². The summed E-state index contributed by atoms with van der Waals surface area (Å²) in [6.45, 7) is 49.0. The zero-order chi connectivity index (χ0) is 51.2. The van der Waals surface area contributed by atoms with Crippen molar-refractivity contribution in [2.24, 2.45) is 44.8 Å². The molecule has 6 aliphatic rings. The van der Waals surface area contributed by atoms with E-state index >= 15 is 0 Å². The number of nitrogens with zero attached hydrogens (tertiary/aromatic N) is 1. The molecule has 7 rings (SSSR count). The molecule has 2 saturated heterocycles. The topological polar surface area (TPSA) is 15.3 Å². The van der Waals surface area contributed by atoms with Crippen LogP contribution in [0, 0.1) is 44.8 Å². The van der Waals surface area contributed by atoms with E-state index in [1.54, 1.807) is 16.6 Å². The van der Waals surface area contributed by atoms with Gasteiger partial charge in [0.15, 0.2) is 0 Å². The van der Waals surface area contributed by atoms with Crippen molar-refractivity contribution in [3.8, 4) is 0 Å². The summed E-state index contributed by atoms with van der Waals surface area (Å²) < 4.78 is 0. The highest BCUT2D eigenvalue weighted by atomic mass is 32.2. The van der Waals surface area contributed by atoms with Gasteiger partial charge in [-0.1, -0.05) is 220 Å². The molecule has 380 valence electrons. The molecule has 2 nitrogen and oxygen atoms in total. The lowest BCUT2D eigenvalue weighted by atomic mass is 9.32. The van der Waals surface area contributed by atoms with E-state index < -0.39 is 0 Å². The van der Waals surface area contributed by atoms with Crippen molar-refractivity contribution in [1.29, 1.82) is 0 Å². The minimum atomic E-state index is 0.0373. The Morgan fingerprint density at radius 1 is 0.871 bits per heavy atom. The minimum Gasteiger partial charge on any atom is -0.362 e. The van der Waals surface area contributed by atoms with Gasteiger partial charge >= 0.3 is 0 Å². The summed E-state index contributed by atoms with van der Waals surface area (Å²) in [7, 11) is 0. The standard InChI is InChI=1S/C66H97BN2S/c1-19-24-47(20-2)28-33-52-53(64(13,14)40-39-63(52,11)12)36-43-68-54-26-22-27-55-57(54)67(49-31-29-48(30-32-49)61(7,8)37-34-45(4)5)60-58(56-59(70-60)66(17,18)42-41-65(56,15)16)69(55)44-23-25-50-46(6)35-38-62(9,10)51(50)21-3/h19-20,22-26,28-33,36,43,45-46,55-56,58-60,68H,1-2,21,27,34-35,37-42,44H2,3-18H3/b25-23-,33-28+,43-36+,47-24+. The minimum absolute atomic E-state index is 0.0373. The van der Waals surface area contributed by atoms with E-state index in [4.69, 9.17) is 0 Å².